The van der Waals surface area contributed by atoms with Crippen LogP contribution in [-0.4, -0.2) is 48.8 Å². The maximum Gasteiger partial charge on any atom is 0.0791 e. The van der Waals surface area contributed by atoms with Crippen LogP contribution in [0.2, 0.25) is 0 Å². The van der Waals surface area contributed by atoms with Gasteiger partial charge in [-0.1, -0.05) is 13.8 Å². The summed E-state index contributed by atoms with van der Waals surface area (Å²) in [6.07, 6.45) is 3.56. The van der Waals surface area contributed by atoms with Crippen LogP contribution in [-0.2, 0) is 0 Å². The van der Waals surface area contributed by atoms with E-state index in [4.69, 9.17) is 0 Å². The van der Waals surface area contributed by atoms with Crippen molar-refractivity contribution in [1.82, 2.24) is 10.2 Å². The van der Waals surface area contributed by atoms with E-state index in [2.05, 4.69) is 24.1 Å². The highest BCUT2D eigenvalue weighted by Gasteiger charge is 2.18. The number of β-amino-alcohol motifs (C(OH)–C–C–N with tert-alkyl or cyclic N) is 1. The Balaban J connectivity index is 2.10. The molecule has 1 aliphatic heterocycles. The molecule has 0 saturated carbocycles. The molecule has 0 aromatic heterocycles. The fourth-order valence-corrected chi connectivity index (χ4v) is 2.26. The molecule has 0 aromatic carbocycles. The van der Waals surface area contributed by atoms with Crippen LogP contribution in [0.25, 0.3) is 0 Å². The van der Waals surface area contributed by atoms with Gasteiger partial charge in [0.15, 0.2) is 0 Å². The lowest BCUT2D eigenvalue weighted by Crippen LogP contribution is -2.42. The van der Waals surface area contributed by atoms with Crippen molar-refractivity contribution in [2.24, 2.45) is 5.92 Å². The van der Waals surface area contributed by atoms with Crippen molar-refractivity contribution in [2.75, 3.05) is 32.7 Å². The predicted octanol–water partition coefficient (Wildman–Crippen LogP) is 1.08. The summed E-state index contributed by atoms with van der Waals surface area (Å²) in [7, 11) is 0. The standard InChI is InChI=1S/C12H26N2O/c1-3-6-13-8-12(15)10-14-7-4-5-11(2)9-14/h11-13,15H,3-10H2,1-2H3. The summed E-state index contributed by atoms with van der Waals surface area (Å²) in [4.78, 5) is 2.40. The number of rotatable bonds is 6. The van der Waals surface area contributed by atoms with Crippen LogP contribution in [0.4, 0.5) is 0 Å². The van der Waals surface area contributed by atoms with Gasteiger partial charge in [-0.15, -0.1) is 0 Å². The van der Waals surface area contributed by atoms with Crippen LogP contribution < -0.4 is 5.32 Å². The van der Waals surface area contributed by atoms with Crippen molar-refractivity contribution in [2.45, 2.75) is 39.2 Å². The first kappa shape index (κ1) is 12.9. The van der Waals surface area contributed by atoms with Gasteiger partial charge in [0.25, 0.3) is 0 Å². The lowest BCUT2D eigenvalue weighted by Gasteiger charge is -2.32. The summed E-state index contributed by atoms with van der Waals surface area (Å²) >= 11 is 0. The Morgan fingerprint density at radius 2 is 2.33 bits per heavy atom. The van der Waals surface area contributed by atoms with Crippen molar-refractivity contribution in [3.8, 4) is 0 Å². The van der Waals surface area contributed by atoms with E-state index in [9.17, 15) is 5.11 Å². The minimum atomic E-state index is -0.207. The Labute approximate surface area is 93.9 Å². The summed E-state index contributed by atoms with van der Waals surface area (Å²) in [6.45, 7) is 9.34. The molecule has 3 heteroatoms. The number of nitrogens with one attached hydrogen (secondary N) is 1. The lowest BCUT2D eigenvalue weighted by molar-refractivity contribution is 0.0871. The fraction of sp³-hybridized carbons (Fsp3) is 1.00. The molecule has 1 saturated heterocycles. The molecule has 3 nitrogen and oxygen atoms in total. The van der Waals surface area contributed by atoms with E-state index < -0.39 is 0 Å². The Hall–Kier alpha value is -0.120. The van der Waals surface area contributed by atoms with Crippen molar-refractivity contribution in [1.29, 1.82) is 0 Å². The van der Waals surface area contributed by atoms with Crippen molar-refractivity contribution >= 4 is 0 Å². The molecule has 0 bridgehead atoms. The number of piperidine rings is 1. The van der Waals surface area contributed by atoms with Gasteiger partial charge in [-0.05, 0) is 38.3 Å². The molecular formula is C12H26N2O. The molecule has 0 spiro atoms. The van der Waals surface area contributed by atoms with E-state index in [1.165, 1.54) is 12.8 Å². The monoisotopic (exact) mass is 214 g/mol. The second-order valence-electron chi connectivity index (χ2n) is 4.86. The van der Waals surface area contributed by atoms with E-state index in [-0.39, 0.29) is 6.10 Å². The number of aliphatic hydroxyl groups is 1. The second-order valence-corrected chi connectivity index (χ2v) is 4.86. The van der Waals surface area contributed by atoms with Crippen molar-refractivity contribution < 1.29 is 5.11 Å². The first-order chi connectivity index (χ1) is 7.22. The summed E-state index contributed by atoms with van der Waals surface area (Å²) < 4.78 is 0. The molecule has 0 radical (unpaired) electrons. The van der Waals surface area contributed by atoms with Gasteiger partial charge in [0, 0.05) is 19.6 Å². The highest BCUT2D eigenvalue weighted by atomic mass is 16.3. The highest BCUT2D eigenvalue weighted by molar-refractivity contribution is 4.73. The van der Waals surface area contributed by atoms with Crippen molar-refractivity contribution in [3.63, 3.8) is 0 Å². The van der Waals surface area contributed by atoms with E-state index in [0.29, 0.717) is 0 Å². The molecule has 90 valence electrons. The van der Waals surface area contributed by atoms with Crippen LogP contribution >= 0.6 is 0 Å². The van der Waals surface area contributed by atoms with Gasteiger partial charge < -0.3 is 15.3 Å². The number of nitrogens with zero attached hydrogens (tertiary/aromatic N) is 1. The van der Waals surface area contributed by atoms with Gasteiger partial charge in [-0.25, -0.2) is 0 Å². The maximum atomic E-state index is 9.81. The lowest BCUT2D eigenvalue weighted by atomic mass is 10.00. The quantitative estimate of drug-likeness (QED) is 0.650. The Morgan fingerprint density at radius 1 is 1.53 bits per heavy atom. The van der Waals surface area contributed by atoms with Crippen LogP contribution in [0.15, 0.2) is 0 Å². The molecule has 15 heavy (non-hydrogen) atoms. The minimum absolute atomic E-state index is 0.207. The van der Waals surface area contributed by atoms with Gasteiger partial charge in [-0.2, -0.15) is 0 Å². The van der Waals surface area contributed by atoms with Gasteiger partial charge >= 0.3 is 0 Å². The van der Waals surface area contributed by atoms with Gasteiger partial charge in [0.1, 0.15) is 0 Å². The molecule has 2 N–H and O–H groups in total. The Bertz CT molecular complexity index is 164. The molecule has 0 aromatic rings. The first-order valence-corrected chi connectivity index (χ1v) is 6.33. The summed E-state index contributed by atoms with van der Waals surface area (Å²) in [5.41, 5.74) is 0. The van der Waals surface area contributed by atoms with E-state index in [0.717, 1.165) is 45.1 Å². The first-order valence-electron chi connectivity index (χ1n) is 6.33. The zero-order valence-corrected chi connectivity index (χ0v) is 10.2. The van der Waals surface area contributed by atoms with Gasteiger partial charge in [-0.3, -0.25) is 0 Å². The zero-order valence-electron chi connectivity index (χ0n) is 10.2. The normalized spacial score (nSPS) is 25.4. The molecule has 1 aliphatic rings. The molecule has 2 unspecified atom stereocenters. The Kier molecular flexibility index (Phi) is 6.22. The number of aliphatic hydroxyl groups excluding tert-OH is 1. The molecule has 1 fully saturated rings. The average Bonchev–Trinajstić information content (AvgIpc) is 2.18. The average molecular weight is 214 g/mol. The van der Waals surface area contributed by atoms with E-state index >= 15 is 0 Å². The van der Waals surface area contributed by atoms with E-state index in [1.54, 1.807) is 0 Å². The largest absolute Gasteiger partial charge is 0.390 e. The second kappa shape index (κ2) is 7.20. The predicted molar refractivity (Wildman–Crippen MR) is 64.0 cm³/mol. The van der Waals surface area contributed by atoms with Crippen LogP contribution in [0.1, 0.15) is 33.1 Å². The topological polar surface area (TPSA) is 35.5 Å². The molecule has 0 aliphatic carbocycles. The molecular weight excluding hydrogens is 188 g/mol. The Morgan fingerprint density at radius 3 is 3.00 bits per heavy atom. The molecule has 0 amide bonds. The number of hydrogen-bond donors (Lipinski definition) is 2. The third-order valence-corrected chi connectivity index (χ3v) is 3.02. The maximum absolute atomic E-state index is 9.81. The highest BCUT2D eigenvalue weighted by Crippen LogP contribution is 2.15. The molecule has 2 atom stereocenters. The van der Waals surface area contributed by atoms with Crippen LogP contribution in [0.3, 0.4) is 0 Å². The van der Waals surface area contributed by atoms with Crippen LogP contribution in [0, 0.1) is 5.92 Å². The minimum Gasteiger partial charge on any atom is -0.390 e. The third-order valence-electron chi connectivity index (χ3n) is 3.02. The molecule has 1 rings (SSSR count). The number of hydrogen-bond acceptors (Lipinski definition) is 3. The van der Waals surface area contributed by atoms with Gasteiger partial charge in [0.05, 0.1) is 6.10 Å². The molecule has 1 heterocycles. The summed E-state index contributed by atoms with van der Waals surface area (Å²) in [5.74, 6) is 0.801. The fourth-order valence-electron chi connectivity index (χ4n) is 2.26. The summed E-state index contributed by atoms with van der Waals surface area (Å²) in [6, 6.07) is 0. The smallest absolute Gasteiger partial charge is 0.0791 e. The van der Waals surface area contributed by atoms with Gasteiger partial charge in [0.2, 0.25) is 0 Å². The van der Waals surface area contributed by atoms with Crippen molar-refractivity contribution in [3.05, 3.63) is 0 Å². The summed E-state index contributed by atoms with van der Waals surface area (Å²) in [5, 5.41) is 13.1. The number of likely N-dealkylation sites (tertiary alicyclic amines) is 1. The SMILES string of the molecule is CCCNCC(O)CN1CCCC(C)C1. The van der Waals surface area contributed by atoms with E-state index in [1.807, 2.05) is 0 Å². The zero-order chi connectivity index (χ0) is 11.1. The third kappa shape index (κ3) is 5.50. The van der Waals surface area contributed by atoms with Crippen LogP contribution in [0.5, 0.6) is 0 Å².